The van der Waals surface area contributed by atoms with E-state index in [0.29, 0.717) is 26.4 Å². The van der Waals surface area contributed by atoms with Crippen LogP contribution in [0.3, 0.4) is 0 Å². The van der Waals surface area contributed by atoms with Gasteiger partial charge in [0.2, 0.25) is 5.91 Å². The zero-order chi connectivity index (χ0) is 26.5. The number of anilines is 1. The fourth-order valence-electron chi connectivity index (χ4n) is 4.20. The Hall–Kier alpha value is -2.90. The van der Waals surface area contributed by atoms with Gasteiger partial charge in [-0.1, -0.05) is 35.9 Å². The van der Waals surface area contributed by atoms with Crippen molar-refractivity contribution in [1.29, 1.82) is 0 Å². The zero-order valence-corrected chi connectivity index (χ0v) is 22.4. The van der Waals surface area contributed by atoms with E-state index in [0.717, 1.165) is 17.6 Å². The molecule has 0 spiro atoms. The van der Waals surface area contributed by atoms with Gasteiger partial charge in [0.1, 0.15) is 16.1 Å². The van der Waals surface area contributed by atoms with Gasteiger partial charge in [-0.05, 0) is 42.3 Å². The Bertz CT molecular complexity index is 1770. The summed E-state index contributed by atoms with van der Waals surface area (Å²) < 4.78 is 68.4. The van der Waals surface area contributed by atoms with Crippen molar-refractivity contribution in [3.8, 4) is 11.1 Å². The van der Waals surface area contributed by atoms with Crippen molar-refractivity contribution < 1.29 is 26.0 Å². The number of carbonyl (C=O) groups is 1. The fourth-order valence-corrected chi connectivity index (χ4v) is 7.95. The molecular formula is C24H19ClFN3O5S3. The minimum absolute atomic E-state index is 0.0106. The summed E-state index contributed by atoms with van der Waals surface area (Å²) >= 11 is 6.91. The standard InChI is InChI=1S/C24H19ClFN3O5S3/c1-36(31,32)22-5-3-2-4-16(22)14-6-7-20(17(26)10-14)29-9-8-18(24(29)30)28-37(33,34)23-12-19-21(35-23)11-15(25)13-27-19/h2-7,10-13,18,28H,8-9H2,1H3. The summed E-state index contributed by atoms with van der Waals surface area (Å²) in [7, 11) is -7.59. The SMILES string of the molecule is CS(=O)(=O)c1ccccc1-c1ccc(N2CCC(NS(=O)(=O)c3cc4ncc(Cl)cc4s3)C2=O)c(F)c1. The molecule has 1 unspecified atom stereocenters. The molecule has 1 aliphatic heterocycles. The van der Waals surface area contributed by atoms with Gasteiger partial charge in [0.05, 0.1) is 25.8 Å². The molecule has 1 N–H and O–H groups in total. The van der Waals surface area contributed by atoms with Gasteiger partial charge in [0.25, 0.3) is 10.0 Å². The smallest absolute Gasteiger partial charge is 0.250 e. The molecule has 37 heavy (non-hydrogen) atoms. The van der Waals surface area contributed by atoms with Crippen LogP contribution < -0.4 is 9.62 Å². The van der Waals surface area contributed by atoms with E-state index in [1.165, 1.54) is 41.4 Å². The van der Waals surface area contributed by atoms with Crippen LogP contribution >= 0.6 is 22.9 Å². The summed E-state index contributed by atoms with van der Waals surface area (Å²) in [4.78, 5) is 18.4. The van der Waals surface area contributed by atoms with E-state index in [1.807, 2.05) is 0 Å². The molecule has 0 bridgehead atoms. The van der Waals surface area contributed by atoms with Crippen LogP contribution in [0.15, 0.2) is 69.9 Å². The number of nitrogens with zero attached hydrogens (tertiary/aromatic N) is 2. The lowest BCUT2D eigenvalue weighted by Gasteiger charge is -2.19. The van der Waals surface area contributed by atoms with E-state index in [1.54, 1.807) is 24.3 Å². The molecular weight excluding hydrogens is 561 g/mol. The maximum atomic E-state index is 15.2. The highest BCUT2D eigenvalue weighted by Crippen LogP contribution is 2.33. The third kappa shape index (κ3) is 4.99. The molecule has 1 saturated heterocycles. The number of rotatable bonds is 6. The van der Waals surface area contributed by atoms with Crippen molar-refractivity contribution in [1.82, 2.24) is 9.71 Å². The van der Waals surface area contributed by atoms with Crippen molar-refractivity contribution in [3.05, 3.63) is 71.6 Å². The van der Waals surface area contributed by atoms with Crippen LogP contribution in [0.2, 0.25) is 5.02 Å². The van der Waals surface area contributed by atoms with Gasteiger partial charge in [0.15, 0.2) is 9.84 Å². The van der Waals surface area contributed by atoms with Crippen molar-refractivity contribution in [2.24, 2.45) is 0 Å². The Morgan fingerprint density at radius 2 is 1.86 bits per heavy atom. The minimum Gasteiger partial charge on any atom is -0.308 e. The third-order valence-corrected chi connectivity index (χ3v) is 10.3. The molecule has 1 amide bonds. The van der Waals surface area contributed by atoms with Gasteiger partial charge in [-0.3, -0.25) is 9.78 Å². The summed E-state index contributed by atoms with van der Waals surface area (Å²) in [6.45, 7) is 0.103. The van der Waals surface area contributed by atoms with Gasteiger partial charge >= 0.3 is 0 Å². The Balaban J connectivity index is 1.38. The lowest BCUT2D eigenvalue weighted by molar-refractivity contribution is -0.118. The van der Waals surface area contributed by atoms with Gasteiger partial charge < -0.3 is 4.90 Å². The molecule has 192 valence electrons. The predicted octanol–water partition coefficient (Wildman–Crippen LogP) is 4.24. The fraction of sp³-hybridized carbons (Fsp3) is 0.167. The molecule has 3 heterocycles. The van der Waals surface area contributed by atoms with Gasteiger partial charge in [-0.2, -0.15) is 4.72 Å². The molecule has 4 aromatic rings. The van der Waals surface area contributed by atoms with E-state index in [9.17, 15) is 21.6 Å². The summed E-state index contributed by atoms with van der Waals surface area (Å²) in [5.41, 5.74) is 1.12. The second-order valence-corrected chi connectivity index (χ2v) is 13.9. The molecule has 2 aromatic heterocycles. The average Bonchev–Trinajstić information content (AvgIpc) is 3.42. The van der Waals surface area contributed by atoms with E-state index in [4.69, 9.17) is 11.6 Å². The van der Waals surface area contributed by atoms with Gasteiger partial charge in [0, 0.05) is 24.6 Å². The number of fused-ring (bicyclic) bond motifs is 1. The second-order valence-electron chi connectivity index (χ2n) is 8.49. The van der Waals surface area contributed by atoms with Crippen LogP contribution in [0.5, 0.6) is 0 Å². The molecule has 1 aliphatic rings. The normalized spacial score (nSPS) is 16.6. The Morgan fingerprint density at radius 3 is 2.59 bits per heavy atom. The number of thiophene rings is 1. The molecule has 0 aliphatic carbocycles. The van der Waals surface area contributed by atoms with E-state index in [-0.39, 0.29) is 27.8 Å². The number of hydrogen-bond donors (Lipinski definition) is 1. The molecule has 0 saturated carbocycles. The van der Waals surface area contributed by atoms with Gasteiger partial charge in [-0.25, -0.2) is 21.2 Å². The molecule has 1 fully saturated rings. The van der Waals surface area contributed by atoms with Gasteiger partial charge in [-0.15, -0.1) is 11.3 Å². The maximum Gasteiger partial charge on any atom is 0.250 e. The molecule has 1 atom stereocenters. The number of pyridine rings is 1. The maximum absolute atomic E-state index is 15.2. The Morgan fingerprint density at radius 1 is 1.11 bits per heavy atom. The number of amides is 1. The summed E-state index contributed by atoms with van der Waals surface area (Å²) in [6.07, 6.45) is 2.63. The van der Waals surface area contributed by atoms with Crippen LogP contribution in [0.25, 0.3) is 21.3 Å². The highest BCUT2D eigenvalue weighted by Gasteiger charge is 2.37. The summed E-state index contributed by atoms with van der Waals surface area (Å²) in [5, 5.41) is 0.376. The molecule has 13 heteroatoms. The largest absolute Gasteiger partial charge is 0.308 e. The van der Waals surface area contributed by atoms with Crippen molar-refractivity contribution in [3.63, 3.8) is 0 Å². The zero-order valence-electron chi connectivity index (χ0n) is 19.2. The predicted molar refractivity (Wildman–Crippen MR) is 141 cm³/mol. The number of nitrogens with one attached hydrogen (secondary N) is 1. The number of benzene rings is 2. The van der Waals surface area contributed by atoms with Crippen LogP contribution in [0.4, 0.5) is 10.1 Å². The number of sulfonamides is 1. The average molecular weight is 580 g/mol. The highest BCUT2D eigenvalue weighted by atomic mass is 35.5. The second kappa shape index (κ2) is 9.44. The van der Waals surface area contributed by atoms with Crippen LogP contribution in [-0.2, 0) is 24.7 Å². The molecule has 8 nitrogen and oxygen atoms in total. The molecule has 0 radical (unpaired) electrons. The molecule has 5 rings (SSSR count). The monoisotopic (exact) mass is 579 g/mol. The third-order valence-electron chi connectivity index (χ3n) is 5.92. The van der Waals surface area contributed by atoms with Crippen LogP contribution in [0, 0.1) is 5.82 Å². The van der Waals surface area contributed by atoms with E-state index < -0.39 is 37.6 Å². The van der Waals surface area contributed by atoms with Crippen molar-refractivity contribution >= 4 is 64.6 Å². The first-order chi connectivity index (χ1) is 17.4. The van der Waals surface area contributed by atoms with E-state index >= 15 is 4.39 Å². The van der Waals surface area contributed by atoms with Crippen molar-refractivity contribution in [2.45, 2.75) is 21.6 Å². The highest BCUT2D eigenvalue weighted by molar-refractivity contribution is 7.91. The minimum atomic E-state index is -4.04. The number of hydrogen-bond acceptors (Lipinski definition) is 7. The number of aromatic nitrogens is 1. The first-order valence-electron chi connectivity index (χ1n) is 10.9. The van der Waals surface area contributed by atoms with Crippen molar-refractivity contribution in [2.75, 3.05) is 17.7 Å². The number of carbonyl (C=O) groups excluding carboxylic acids is 1. The first-order valence-corrected chi connectivity index (χ1v) is 15.5. The molecule has 2 aromatic carbocycles. The Labute approximate surface area is 221 Å². The van der Waals surface area contributed by atoms with Crippen LogP contribution in [0.1, 0.15) is 6.42 Å². The summed E-state index contributed by atoms with van der Waals surface area (Å²) in [6, 6.07) is 12.3. The number of halogens is 2. The topological polar surface area (TPSA) is 114 Å². The van der Waals surface area contributed by atoms with E-state index in [2.05, 4.69) is 9.71 Å². The first kappa shape index (κ1) is 25.7. The van der Waals surface area contributed by atoms with Crippen LogP contribution in [-0.4, -0.2) is 46.6 Å². The lowest BCUT2D eigenvalue weighted by Crippen LogP contribution is -2.41. The summed E-state index contributed by atoms with van der Waals surface area (Å²) in [5.74, 6) is -1.32. The number of sulfone groups is 1. The lowest BCUT2D eigenvalue weighted by atomic mass is 10.0. The quantitative estimate of drug-likeness (QED) is 0.365. The Kier molecular flexibility index (Phi) is 6.57.